The van der Waals surface area contributed by atoms with E-state index < -0.39 is 0 Å². The Morgan fingerprint density at radius 2 is 1.31 bits per heavy atom. The molecule has 0 fully saturated rings. The topological polar surface area (TPSA) is 59.9 Å². The van der Waals surface area contributed by atoms with Gasteiger partial charge in [0.25, 0.3) is 0 Å². The van der Waals surface area contributed by atoms with Crippen molar-refractivity contribution in [2.45, 2.75) is 0 Å². The molecule has 154 valence electrons. The van der Waals surface area contributed by atoms with Crippen molar-refractivity contribution in [1.29, 1.82) is 0 Å². The van der Waals surface area contributed by atoms with Crippen LogP contribution in [0.4, 0.5) is 11.5 Å². The van der Waals surface area contributed by atoms with Gasteiger partial charge in [0, 0.05) is 35.3 Å². The maximum atomic E-state index is 5.88. The van der Waals surface area contributed by atoms with Crippen LogP contribution in [0.1, 0.15) is 0 Å². The molecule has 2 heterocycles. The summed E-state index contributed by atoms with van der Waals surface area (Å²) in [5, 5.41) is 3.39. The fourth-order valence-corrected chi connectivity index (χ4v) is 3.27. The summed E-state index contributed by atoms with van der Waals surface area (Å²) in [7, 11) is 0. The fourth-order valence-electron chi connectivity index (χ4n) is 3.27. The van der Waals surface area contributed by atoms with Gasteiger partial charge in [-0.25, -0.2) is 9.97 Å². The van der Waals surface area contributed by atoms with Gasteiger partial charge in [0.15, 0.2) is 5.82 Å². The maximum absolute atomic E-state index is 5.88. The van der Waals surface area contributed by atoms with Crippen LogP contribution in [0.5, 0.6) is 11.5 Å². The Balaban J connectivity index is 1.43. The molecule has 0 spiro atoms. The Morgan fingerprint density at radius 3 is 2.03 bits per heavy atom. The minimum absolute atomic E-state index is 0.651. The SMILES string of the molecule is c1ccc(Oc2ccc(Nc3cc(-c4cccnc4)nc(-c4ccccc4)n3)cc2)cc1. The van der Waals surface area contributed by atoms with Crippen LogP contribution in [0.15, 0.2) is 116 Å². The summed E-state index contributed by atoms with van der Waals surface area (Å²) < 4.78 is 5.88. The molecule has 0 atom stereocenters. The number of hydrogen-bond donors (Lipinski definition) is 1. The summed E-state index contributed by atoms with van der Waals surface area (Å²) in [6.45, 7) is 0. The number of hydrogen-bond acceptors (Lipinski definition) is 5. The molecular formula is C27H20N4O. The summed E-state index contributed by atoms with van der Waals surface area (Å²) in [4.78, 5) is 13.7. The van der Waals surface area contributed by atoms with Crippen molar-refractivity contribution in [3.63, 3.8) is 0 Å². The van der Waals surface area contributed by atoms with Gasteiger partial charge in [0.2, 0.25) is 0 Å². The summed E-state index contributed by atoms with van der Waals surface area (Å²) in [5.41, 5.74) is 3.59. The Hall–Kier alpha value is -4.51. The van der Waals surface area contributed by atoms with E-state index in [9.17, 15) is 0 Å². The normalized spacial score (nSPS) is 10.5. The van der Waals surface area contributed by atoms with E-state index in [-0.39, 0.29) is 0 Å². The third-order valence-electron chi connectivity index (χ3n) is 4.82. The Morgan fingerprint density at radius 1 is 0.625 bits per heavy atom. The number of ether oxygens (including phenoxy) is 1. The van der Waals surface area contributed by atoms with E-state index in [1.807, 2.05) is 103 Å². The summed E-state index contributed by atoms with van der Waals surface area (Å²) in [5.74, 6) is 2.93. The lowest BCUT2D eigenvalue weighted by Gasteiger charge is -2.11. The van der Waals surface area contributed by atoms with Crippen LogP contribution in [0.3, 0.4) is 0 Å². The van der Waals surface area contributed by atoms with E-state index >= 15 is 0 Å². The minimum Gasteiger partial charge on any atom is -0.457 e. The van der Waals surface area contributed by atoms with E-state index in [2.05, 4.69) is 10.3 Å². The first kappa shape index (κ1) is 19.5. The van der Waals surface area contributed by atoms with E-state index in [0.29, 0.717) is 11.6 Å². The largest absolute Gasteiger partial charge is 0.457 e. The molecule has 0 aliphatic carbocycles. The van der Waals surface area contributed by atoms with Crippen molar-refractivity contribution in [2.75, 3.05) is 5.32 Å². The number of nitrogens with zero attached hydrogens (tertiary/aromatic N) is 3. The van der Waals surface area contributed by atoms with Gasteiger partial charge >= 0.3 is 0 Å². The maximum Gasteiger partial charge on any atom is 0.162 e. The molecule has 32 heavy (non-hydrogen) atoms. The smallest absolute Gasteiger partial charge is 0.162 e. The molecule has 0 radical (unpaired) electrons. The number of aromatic nitrogens is 3. The molecule has 1 N–H and O–H groups in total. The van der Waals surface area contributed by atoms with Gasteiger partial charge in [-0.15, -0.1) is 0 Å². The van der Waals surface area contributed by atoms with E-state index in [4.69, 9.17) is 14.7 Å². The fraction of sp³-hybridized carbons (Fsp3) is 0. The monoisotopic (exact) mass is 416 g/mol. The molecule has 5 heteroatoms. The van der Waals surface area contributed by atoms with Crippen LogP contribution in [0.2, 0.25) is 0 Å². The molecule has 5 aromatic rings. The first-order chi connectivity index (χ1) is 15.8. The highest BCUT2D eigenvalue weighted by molar-refractivity contribution is 5.69. The van der Waals surface area contributed by atoms with E-state index in [1.54, 1.807) is 12.4 Å². The summed E-state index contributed by atoms with van der Waals surface area (Å²) >= 11 is 0. The third-order valence-corrected chi connectivity index (χ3v) is 4.82. The summed E-state index contributed by atoms with van der Waals surface area (Å²) in [6, 6.07) is 33.3. The quantitative estimate of drug-likeness (QED) is 0.332. The molecule has 3 aromatic carbocycles. The minimum atomic E-state index is 0.651. The van der Waals surface area contributed by atoms with Crippen molar-refractivity contribution in [3.05, 3.63) is 116 Å². The Kier molecular flexibility index (Phi) is 5.53. The van der Waals surface area contributed by atoms with Crippen molar-refractivity contribution in [3.8, 4) is 34.1 Å². The zero-order valence-corrected chi connectivity index (χ0v) is 17.2. The first-order valence-electron chi connectivity index (χ1n) is 10.3. The van der Waals surface area contributed by atoms with Gasteiger partial charge in [-0.1, -0.05) is 48.5 Å². The van der Waals surface area contributed by atoms with Gasteiger partial charge < -0.3 is 10.1 Å². The van der Waals surface area contributed by atoms with Crippen LogP contribution in [0, 0.1) is 0 Å². The highest BCUT2D eigenvalue weighted by Gasteiger charge is 2.09. The predicted molar refractivity (Wildman–Crippen MR) is 127 cm³/mol. The highest BCUT2D eigenvalue weighted by Crippen LogP contribution is 2.27. The second-order valence-corrected chi connectivity index (χ2v) is 7.13. The van der Waals surface area contributed by atoms with Gasteiger partial charge in [0.05, 0.1) is 5.69 Å². The Bertz CT molecular complexity index is 1230. The zero-order chi connectivity index (χ0) is 21.6. The molecule has 0 aliphatic rings. The number of rotatable bonds is 6. The van der Waals surface area contributed by atoms with Gasteiger partial charge in [-0.05, 0) is 48.5 Å². The number of benzene rings is 3. The molecule has 0 unspecified atom stereocenters. The lowest BCUT2D eigenvalue weighted by atomic mass is 10.1. The lowest BCUT2D eigenvalue weighted by Crippen LogP contribution is -1.99. The molecule has 0 amide bonds. The molecule has 0 saturated heterocycles. The first-order valence-corrected chi connectivity index (χ1v) is 10.3. The van der Waals surface area contributed by atoms with Gasteiger partial charge in [-0.2, -0.15) is 0 Å². The zero-order valence-electron chi connectivity index (χ0n) is 17.2. The number of nitrogens with one attached hydrogen (secondary N) is 1. The molecule has 0 saturated carbocycles. The second-order valence-electron chi connectivity index (χ2n) is 7.13. The predicted octanol–water partition coefficient (Wildman–Crippen LogP) is 6.74. The lowest BCUT2D eigenvalue weighted by molar-refractivity contribution is 0.483. The Labute approximate surface area is 186 Å². The van der Waals surface area contributed by atoms with Crippen LogP contribution in [0.25, 0.3) is 22.6 Å². The van der Waals surface area contributed by atoms with Crippen molar-refractivity contribution < 1.29 is 4.74 Å². The second kappa shape index (κ2) is 9.10. The number of pyridine rings is 1. The van der Waals surface area contributed by atoms with Crippen molar-refractivity contribution in [2.24, 2.45) is 0 Å². The average Bonchev–Trinajstić information content (AvgIpc) is 2.87. The average molecular weight is 416 g/mol. The van der Waals surface area contributed by atoms with Gasteiger partial charge in [-0.3, -0.25) is 4.98 Å². The molecule has 0 bridgehead atoms. The number of anilines is 2. The standard InChI is InChI=1S/C27H20N4O/c1-3-8-20(9-4-1)27-30-25(21-10-7-17-28-19-21)18-26(31-27)29-22-13-15-24(16-14-22)32-23-11-5-2-6-12-23/h1-19H,(H,29,30,31). The van der Waals surface area contributed by atoms with Crippen LogP contribution >= 0.6 is 0 Å². The van der Waals surface area contributed by atoms with Crippen LogP contribution in [-0.4, -0.2) is 15.0 Å². The summed E-state index contributed by atoms with van der Waals surface area (Å²) in [6.07, 6.45) is 3.55. The van der Waals surface area contributed by atoms with Gasteiger partial charge in [0.1, 0.15) is 17.3 Å². The van der Waals surface area contributed by atoms with E-state index in [1.165, 1.54) is 0 Å². The highest BCUT2D eigenvalue weighted by atomic mass is 16.5. The molecule has 5 nitrogen and oxygen atoms in total. The van der Waals surface area contributed by atoms with Crippen molar-refractivity contribution >= 4 is 11.5 Å². The van der Waals surface area contributed by atoms with Crippen molar-refractivity contribution in [1.82, 2.24) is 15.0 Å². The van der Waals surface area contributed by atoms with E-state index in [0.717, 1.165) is 34.0 Å². The molecule has 2 aromatic heterocycles. The van der Waals surface area contributed by atoms with Crippen LogP contribution < -0.4 is 10.1 Å². The molecular weight excluding hydrogens is 396 g/mol. The van der Waals surface area contributed by atoms with Crippen LogP contribution in [-0.2, 0) is 0 Å². The number of para-hydroxylation sites is 1. The third kappa shape index (κ3) is 4.63. The molecule has 5 rings (SSSR count). The molecule has 0 aliphatic heterocycles.